The lowest BCUT2D eigenvalue weighted by molar-refractivity contribution is 0.265. The Balaban J connectivity index is 2.45. The van der Waals surface area contributed by atoms with Crippen LogP contribution in [0.4, 0.5) is 0 Å². The summed E-state index contributed by atoms with van der Waals surface area (Å²) in [5.74, 6) is 0. The maximum atomic E-state index is 12.8. The van der Waals surface area contributed by atoms with E-state index in [1.54, 1.807) is 0 Å². The highest BCUT2D eigenvalue weighted by Crippen LogP contribution is 2.18. The number of aromatic nitrogens is 1. The van der Waals surface area contributed by atoms with E-state index in [4.69, 9.17) is 0 Å². The van der Waals surface area contributed by atoms with Crippen molar-refractivity contribution in [3.05, 3.63) is 44.2 Å². The number of rotatable bonds is 6. The molecule has 3 nitrogen and oxygen atoms in total. The number of aryl methyl sites for hydroxylation is 1. The van der Waals surface area contributed by atoms with Crippen molar-refractivity contribution in [2.45, 2.75) is 40.2 Å². The Bertz CT molecular complexity index is 672. The quantitative estimate of drug-likeness (QED) is 0.846. The summed E-state index contributed by atoms with van der Waals surface area (Å²) in [6, 6.07) is 5.81. The summed E-state index contributed by atoms with van der Waals surface area (Å²) in [6.07, 6.45) is 2.21. The SMILES string of the molecule is CCCN(CCC)Cc1c(C)[nH]c2ccc(Br)cc2c1=O. The molecule has 0 saturated carbocycles. The predicted octanol–water partition coefficient (Wildman–Crippen LogP) is 4.22. The Labute approximate surface area is 134 Å². The fraction of sp³-hybridized carbons (Fsp3) is 0.471. The van der Waals surface area contributed by atoms with Gasteiger partial charge in [0.15, 0.2) is 5.43 Å². The van der Waals surface area contributed by atoms with Gasteiger partial charge in [-0.05, 0) is 51.1 Å². The summed E-state index contributed by atoms with van der Waals surface area (Å²) in [6.45, 7) is 9.14. The lowest BCUT2D eigenvalue weighted by Gasteiger charge is -2.21. The van der Waals surface area contributed by atoms with Crippen LogP contribution >= 0.6 is 15.9 Å². The van der Waals surface area contributed by atoms with Gasteiger partial charge in [-0.3, -0.25) is 9.69 Å². The summed E-state index contributed by atoms with van der Waals surface area (Å²) in [4.78, 5) is 18.5. The van der Waals surface area contributed by atoms with E-state index in [-0.39, 0.29) is 5.43 Å². The first kappa shape index (κ1) is 16.2. The average molecular weight is 351 g/mol. The minimum atomic E-state index is 0.153. The van der Waals surface area contributed by atoms with Crippen LogP contribution in [0, 0.1) is 6.92 Å². The first-order valence-electron chi connectivity index (χ1n) is 7.60. The Morgan fingerprint density at radius 1 is 1.19 bits per heavy atom. The van der Waals surface area contributed by atoms with Gasteiger partial charge in [-0.25, -0.2) is 0 Å². The number of nitrogens with zero attached hydrogens (tertiary/aromatic N) is 1. The van der Waals surface area contributed by atoms with Crippen LogP contribution in [0.1, 0.15) is 37.9 Å². The number of nitrogens with one attached hydrogen (secondary N) is 1. The molecule has 0 spiro atoms. The van der Waals surface area contributed by atoms with Gasteiger partial charge in [-0.2, -0.15) is 0 Å². The summed E-state index contributed by atoms with van der Waals surface area (Å²) in [5, 5.41) is 0.762. The van der Waals surface area contributed by atoms with Gasteiger partial charge in [0, 0.05) is 33.2 Å². The molecule has 1 aromatic heterocycles. The molecule has 0 bridgehead atoms. The zero-order chi connectivity index (χ0) is 15.4. The van der Waals surface area contributed by atoms with E-state index in [0.29, 0.717) is 0 Å². The maximum absolute atomic E-state index is 12.8. The van der Waals surface area contributed by atoms with Gasteiger partial charge in [-0.15, -0.1) is 0 Å². The molecular formula is C17H23BrN2O. The number of hydrogen-bond acceptors (Lipinski definition) is 2. The molecule has 0 aliphatic heterocycles. The van der Waals surface area contributed by atoms with Crippen molar-refractivity contribution in [2.24, 2.45) is 0 Å². The highest BCUT2D eigenvalue weighted by molar-refractivity contribution is 9.10. The van der Waals surface area contributed by atoms with Crippen molar-refractivity contribution in [2.75, 3.05) is 13.1 Å². The monoisotopic (exact) mass is 350 g/mol. The van der Waals surface area contributed by atoms with E-state index in [1.807, 2.05) is 25.1 Å². The summed E-state index contributed by atoms with van der Waals surface area (Å²) in [5.41, 5.74) is 2.93. The topological polar surface area (TPSA) is 36.1 Å². The zero-order valence-corrected chi connectivity index (χ0v) is 14.6. The van der Waals surface area contributed by atoms with Crippen LogP contribution in [-0.4, -0.2) is 23.0 Å². The Morgan fingerprint density at radius 3 is 2.48 bits per heavy atom. The number of halogens is 1. The van der Waals surface area contributed by atoms with E-state index in [0.717, 1.165) is 59.1 Å². The van der Waals surface area contributed by atoms with Crippen LogP contribution < -0.4 is 5.43 Å². The largest absolute Gasteiger partial charge is 0.358 e. The van der Waals surface area contributed by atoms with E-state index < -0.39 is 0 Å². The third-order valence-electron chi connectivity index (χ3n) is 3.74. The molecule has 0 aliphatic carbocycles. The van der Waals surface area contributed by atoms with E-state index in [9.17, 15) is 4.79 Å². The number of fused-ring (bicyclic) bond motifs is 1. The van der Waals surface area contributed by atoms with Gasteiger partial charge in [0.05, 0.1) is 0 Å². The third kappa shape index (κ3) is 3.74. The molecule has 0 amide bonds. The van der Waals surface area contributed by atoms with Gasteiger partial charge in [0.1, 0.15) is 0 Å². The van der Waals surface area contributed by atoms with Crippen LogP contribution in [0.25, 0.3) is 10.9 Å². The van der Waals surface area contributed by atoms with E-state index in [1.165, 1.54) is 0 Å². The molecule has 2 rings (SSSR count). The van der Waals surface area contributed by atoms with Crippen molar-refractivity contribution in [1.82, 2.24) is 9.88 Å². The minimum Gasteiger partial charge on any atom is -0.358 e. The van der Waals surface area contributed by atoms with Crippen LogP contribution in [0.2, 0.25) is 0 Å². The molecule has 0 unspecified atom stereocenters. The molecular weight excluding hydrogens is 328 g/mol. The van der Waals surface area contributed by atoms with Crippen molar-refractivity contribution >= 4 is 26.8 Å². The molecule has 0 fully saturated rings. The molecule has 1 heterocycles. The van der Waals surface area contributed by atoms with Crippen LogP contribution in [0.15, 0.2) is 27.5 Å². The van der Waals surface area contributed by atoms with E-state index in [2.05, 4.69) is 39.7 Å². The summed E-state index contributed by atoms with van der Waals surface area (Å²) >= 11 is 3.45. The fourth-order valence-corrected chi connectivity index (χ4v) is 3.10. The number of hydrogen-bond donors (Lipinski definition) is 1. The number of H-pyrrole nitrogens is 1. The Kier molecular flexibility index (Phi) is 5.59. The molecule has 2 aromatic rings. The number of benzene rings is 1. The lowest BCUT2D eigenvalue weighted by Crippen LogP contribution is -2.29. The zero-order valence-electron chi connectivity index (χ0n) is 13.0. The van der Waals surface area contributed by atoms with Gasteiger partial charge in [0.25, 0.3) is 0 Å². The van der Waals surface area contributed by atoms with Gasteiger partial charge in [0.2, 0.25) is 0 Å². The molecule has 1 N–H and O–H groups in total. The maximum Gasteiger partial charge on any atom is 0.194 e. The molecule has 21 heavy (non-hydrogen) atoms. The highest BCUT2D eigenvalue weighted by atomic mass is 79.9. The van der Waals surface area contributed by atoms with Crippen molar-refractivity contribution in [3.63, 3.8) is 0 Å². The molecule has 114 valence electrons. The smallest absolute Gasteiger partial charge is 0.194 e. The Hall–Kier alpha value is -1.13. The molecule has 0 saturated heterocycles. The Morgan fingerprint density at radius 2 is 1.86 bits per heavy atom. The lowest BCUT2D eigenvalue weighted by atomic mass is 10.1. The first-order chi connectivity index (χ1) is 10.1. The fourth-order valence-electron chi connectivity index (χ4n) is 2.74. The van der Waals surface area contributed by atoms with Crippen molar-refractivity contribution < 1.29 is 0 Å². The summed E-state index contributed by atoms with van der Waals surface area (Å²) < 4.78 is 0.939. The minimum absolute atomic E-state index is 0.153. The van der Waals surface area contributed by atoms with Gasteiger partial charge >= 0.3 is 0 Å². The second kappa shape index (κ2) is 7.23. The predicted molar refractivity (Wildman–Crippen MR) is 92.9 cm³/mol. The second-order valence-corrected chi connectivity index (χ2v) is 6.44. The molecule has 1 aromatic carbocycles. The van der Waals surface area contributed by atoms with Crippen molar-refractivity contribution in [1.29, 1.82) is 0 Å². The van der Waals surface area contributed by atoms with Crippen LogP contribution in [0.5, 0.6) is 0 Å². The third-order valence-corrected chi connectivity index (χ3v) is 4.23. The van der Waals surface area contributed by atoms with E-state index >= 15 is 0 Å². The standard InChI is InChI=1S/C17H23BrN2O/c1-4-8-20(9-5-2)11-15-12(3)19-16-7-6-13(18)10-14(16)17(15)21/h6-7,10H,4-5,8-9,11H2,1-3H3,(H,19,21). The van der Waals surface area contributed by atoms with Crippen LogP contribution in [-0.2, 0) is 6.54 Å². The number of aromatic amines is 1. The average Bonchev–Trinajstić information content (AvgIpc) is 2.45. The second-order valence-electron chi connectivity index (χ2n) is 5.52. The van der Waals surface area contributed by atoms with Gasteiger partial charge < -0.3 is 4.98 Å². The molecule has 0 aliphatic rings. The molecule has 4 heteroatoms. The molecule has 0 radical (unpaired) electrons. The normalized spacial score (nSPS) is 11.5. The molecule has 0 atom stereocenters. The van der Waals surface area contributed by atoms with Crippen molar-refractivity contribution in [3.8, 4) is 0 Å². The highest BCUT2D eigenvalue weighted by Gasteiger charge is 2.13. The summed E-state index contributed by atoms with van der Waals surface area (Å²) in [7, 11) is 0. The van der Waals surface area contributed by atoms with Crippen LogP contribution in [0.3, 0.4) is 0 Å². The van der Waals surface area contributed by atoms with Gasteiger partial charge in [-0.1, -0.05) is 29.8 Å². The first-order valence-corrected chi connectivity index (χ1v) is 8.39. The number of pyridine rings is 1.